The molecule has 0 saturated carbocycles. The van der Waals surface area contributed by atoms with Crippen molar-refractivity contribution in [2.45, 2.75) is 46.0 Å². The minimum absolute atomic E-state index is 0. The molecular weight excluding hydrogens is 174 g/mol. The van der Waals surface area contributed by atoms with E-state index >= 15 is 0 Å². The number of unbranched alkanes of at least 4 members (excludes halogenated alkanes) is 4. The summed E-state index contributed by atoms with van der Waals surface area (Å²) < 4.78 is 0. The van der Waals surface area contributed by atoms with E-state index in [9.17, 15) is 0 Å². The van der Waals surface area contributed by atoms with Gasteiger partial charge in [-0.15, -0.1) is 12.4 Å². The van der Waals surface area contributed by atoms with Crippen LogP contribution in [-0.4, -0.2) is 13.2 Å². The summed E-state index contributed by atoms with van der Waals surface area (Å²) in [7, 11) is 0. The molecule has 1 N–H and O–H groups in total. The first kappa shape index (κ1) is 14.7. The van der Waals surface area contributed by atoms with Gasteiger partial charge in [0.25, 0.3) is 0 Å². The normalized spacial score (nSPS) is 9.50. The van der Waals surface area contributed by atoms with Crippen molar-refractivity contribution in [3.8, 4) is 0 Å². The van der Waals surface area contributed by atoms with E-state index < -0.39 is 0 Å². The van der Waals surface area contributed by atoms with E-state index in [2.05, 4.69) is 12.4 Å². The van der Waals surface area contributed by atoms with Crippen LogP contribution < -0.4 is 5.48 Å². The van der Waals surface area contributed by atoms with Crippen LogP contribution in [0.2, 0.25) is 0 Å². The molecule has 12 heavy (non-hydrogen) atoms. The fourth-order valence-electron chi connectivity index (χ4n) is 0.975. The largest absolute Gasteiger partial charge is 0.302 e. The summed E-state index contributed by atoms with van der Waals surface area (Å²) >= 11 is 0. The van der Waals surface area contributed by atoms with Crippen LogP contribution in [0.15, 0.2) is 0 Å². The van der Waals surface area contributed by atoms with Crippen molar-refractivity contribution < 1.29 is 4.84 Å². The molecular formula is C9H22ClNO. The molecule has 0 heterocycles. The third-order valence-corrected chi connectivity index (χ3v) is 1.63. The van der Waals surface area contributed by atoms with Gasteiger partial charge >= 0.3 is 0 Å². The van der Waals surface area contributed by atoms with Crippen molar-refractivity contribution in [1.82, 2.24) is 5.48 Å². The van der Waals surface area contributed by atoms with Crippen LogP contribution in [0.1, 0.15) is 46.0 Å². The predicted octanol–water partition coefficient (Wildman–Crippen LogP) is 2.92. The highest BCUT2D eigenvalue weighted by molar-refractivity contribution is 5.85. The Morgan fingerprint density at radius 3 is 2.25 bits per heavy atom. The second kappa shape index (κ2) is 13.8. The second-order valence-electron chi connectivity index (χ2n) is 2.74. The van der Waals surface area contributed by atoms with Crippen molar-refractivity contribution in [3.63, 3.8) is 0 Å². The molecule has 0 aromatic carbocycles. The Hall–Kier alpha value is 0.210. The van der Waals surface area contributed by atoms with Gasteiger partial charge in [-0.05, 0) is 13.3 Å². The molecule has 2 nitrogen and oxygen atoms in total. The fraction of sp³-hybridized carbons (Fsp3) is 1.00. The number of rotatable bonds is 8. The Morgan fingerprint density at radius 2 is 1.67 bits per heavy atom. The maximum Gasteiger partial charge on any atom is 0.0653 e. The third kappa shape index (κ3) is 12.8. The molecule has 0 saturated heterocycles. The smallest absolute Gasteiger partial charge is 0.0653 e. The Kier molecular flexibility index (Phi) is 16.9. The SMILES string of the molecule is CCCCCCCNOCC.Cl. The van der Waals surface area contributed by atoms with Gasteiger partial charge in [0.05, 0.1) is 6.61 Å². The summed E-state index contributed by atoms with van der Waals surface area (Å²) in [5.41, 5.74) is 2.91. The van der Waals surface area contributed by atoms with Crippen molar-refractivity contribution in [2.75, 3.05) is 13.2 Å². The Morgan fingerprint density at radius 1 is 1.00 bits per heavy atom. The highest BCUT2D eigenvalue weighted by atomic mass is 35.5. The van der Waals surface area contributed by atoms with Gasteiger partial charge < -0.3 is 4.84 Å². The molecule has 3 heteroatoms. The first-order valence-corrected chi connectivity index (χ1v) is 4.76. The zero-order chi connectivity index (χ0) is 8.36. The van der Waals surface area contributed by atoms with E-state index in [0.29, 0.717) is 0 Å². The molecule has 0 rings (SSSR count). The minimum Gasteiger partial charge on any atom is -0.302 e. The third-order valence-electron chi connectivity index (χ3n) is 1.63. The summed E-state index contributed by atoms with van der Waals surface area (Å²) in [6.45, 7) is 5.98. The highest BCUT2D eigenvalue weighted by Gasteiger charge is 1.87. The van der Waals surface area contributed by atoms with Gasteiger partial charge in [-0.1, -0.05) is 32.6 Å². The molecule has 0 aromatic heterocycles. The maximum absolute atomic E-state index is 4.99. The average Bonchev–Trinajstić information content (AvgIpc) is 2.03. The average molecular weight is 196 g/mol. The number of hydrogen-bond acceptors (Lipinski definition) is 2. The molecule has 0 atom stereocenters. The van der Waals surface area contributed by atoms with E-state index in [4.69, 9.17) is 4.84 Å². The van der Waals surface area contributed by atoms with Crippen LogP contribution in [0.5, 0.6) is 0 Å². The lowest BCUT2D eigenvalue weighted by atomic mass is 10.2. The van der Waals surface area contributed by atoms with Gasteiger partial charge in [0.15, 0.2) is 0 Å². The lowest BCUT2D eigenvalue weighted by Gasteiger charge is -2.02. The first-order valence-electron chi connectivity index (χ1n) is 4.76. The molecule has 0 aliphatic rings. The van der Waals surface area contributed by atoms with Crippen molar-refractivity contribution in [1.29, 1.82) is 0 Å². The van der Waals surface area contributed by atoms with Crippen molar-refractivity contribution >= 4 is 12.4 Å². The van der Waals surface area contributed by atoms with Gasteiger partial charge in [-0.25, -0.2) is 5.48 Å². The number of nitrogens with one attached hydrogen (secondary N) is 1. The maximum atomic E-state index is 4.99. The van der Waals surface area contributed by atoms with Crippen LogP contribution in [-0.2, 0) is 4.84 Å². The van der Waals surface area contributed by atoms with E-state index in [1.54, 1.807) is 0 Å². The van der Waals surface area contributed by atoms with Gasteiger partial charge in [0, 0.05) is 6.54 Å². The van der Waals surface area contributed by atoms with E-state index in [-0.39, 0.29) is 12.4 Å². The van der Waals surface area contributed by atoms with Gasteiger partial charge in [0.1, 0.15) is 0 Å². The summed E-state index contributed by atoms with van der Waals surface area (Å²) in [5, 5.41) is 0. The number of hydrogen-bond donors (Lipinski definition) is 1. The fourth-order valence-corrected chi connectivity index (χ4v) is 0.975. The predicted molar refractivity (Wildman–Crippen MR) is 55.6 cm³/mol. The topological polar surface area (TPSA) is 21.3 Å². The second-order valence-corrected chi connectivity index (χ2v) is 2.74. The molecule has 0 aliphatic carbocycles. The van der Waals surface area contributed by atoms with Crippen molar-refractivity contribution in [2.24, 2.45) is 0 Å². The quantitative estimate of drug-likeness (QED) is 0.475. The van der Waals surface area contributed by atoms with E-state index in [1.165, 1.54) is 32.1 Å². The summed E-state index contributed by atoms with van der Waals surface area (Å²) in [6, 6.07) is 0. The van der Waals surface area contributed by atoms with Crippen LogP contribution in [0.25, 0.3) is 0 Å². The van der Waals surface area contributed by atoms with Crippen LogP contribution in [0, 0.1) is 0 Å². The van der Waals surface area contributed by atoms with Crippen LogP contribution in [0.3, 0.4) is 0 Å². The lowest BCUT2D eigenvalue weighted by Crippen LogP contribution is -2.15. The van der Waals surface area contributed by atoms with Gasteiger partial charge in [-0.3, -0.25) is 0 Å². The molecule has 0 bridgehead atoms. The van der Waals surface area contributed by atoms with Crippen molar-refractivity contribution in [3.05, 3.63) is 0 Å². The lowest BCUT2D eigenvalue weighted by molar-refractivity contribution is 0.0500. The first-order chi connectivity index (χ1) is 5.41. The monoisotopic (exact) mass is 195 g/mol. The minimum atomic E-state index is 0. The Labute approximate surface area is 82.4 Å². The molecule has 0 aliphatic heterocycles. The van der Waals surface area contributed by atoms with E-state index in [0.717, 1.165) is 13.2 Å². The molecule has 0 unspecified atom stereocenters. The molecule has 76 valence electrons. The summed E-state index contributed by atoms with van der Waals surface area (Å²) in [4.78, 5) is 4.99. The Bertz CT molecular complexity index is 63.5. The molecule has 0 spiro atoms. The number of halogens is 1. The summed E-state index contributed by atoms with van der Waals surface area (Å²) in [5.74, 6) is 0. The molecule has 0 radical (unpaired) electrons. The van der Waals surface area contributed by atoms with Crippen LogP contribution >= 0.6 is 12.4 Å². The van der Waals surface area contributed by atoms with Gasteiger partial charge in [-0.2, -0.15) is 0 Å². The highest BCUT2D eigenvalue weighted by Crippen LogP contribution is 2.00. The Balaban J connectivity index is 0. The van der Waals surface area contributed by atoms with E-state index in [1.807, 2.05) is 6.92 Å². The zero-order valence-electron chi connectivity index (χ0n) is 8.27. The molecule has 0 fully saturated rings. The van der Waals surface area contributed by atoms with Gasteiger partial charge in [0.2, 0.25) is 0 Å². The molecule has 0 aromatic rings. The zero-order valence-corrected chi connectivity index (χ0v) is 9.08. The standard InChI is InChI=1S/C9H21NO.ClH/c1-3-5-6-7-8-9-10-11-4-2;/h10H,3-9H2,1-2H3;1H. The summed E-state index contributed by atoms with van der Waals surface area (Å²) in [6.07, 6.45) is 6.62. The molecule has 0 amide bonds. The van der Waals surface area contributed by atoms with Crippen LogP contribution in [0.4, 0.5) is 0 Å². The number of hydroxylamine groups is 1.